The monoisotopic (exact) mass is 459 g/mol. The molecule has 5 rings (SSSR count). The van der Waals surface area contributed by atoms with E-state index in [9.17, 15) is 9.18 Å². The molecule has 0 radical (unpaired) electrons. The zero-order valence-corrected chi connectivity index (χ0v) is 18.9. The van der Waals surface area contributed by atoms with Gasteiger partial charge in [0.15, 0.2) is 0 Å². The van der Waals surface area contributed by atoms with E-state index >= 15 is 0 Å². The summed E-state index contributed by atoms with van der Waals surface area (Å²) in [7, 11) is 0. The number of nitrogens with one attached hydrogen (secondary N) is 2. The van der Waals surface area contributed by atoms with E-state index in [2.05, 4.69) is 25.4 Å². The number of benzene rings is 2. The van der Waals surface area contributed by atoms with Crippen LogP contribution in [0.25, 0.3) is 33.4 Å². The van der Waals surface area contributed by atoms with Crippen LogP contribution in [0.1, 0.15) is 30.1 Å². The Morgan fingerprint density at radius 2 is 2.03 bits per heavy atom. The molecule has 4 N–H and O–H groups in total. The number of amides is 1. The summed E-state index contributed by atoms with van der Waals surface area (Å²) in [5.74, 6) is 0.152. The minimum Gasteiger partial charge on any atom is -0.355 e. The Bertz CT molecular complexity index is 1340. The number of nitrogens with zero attached hydrogens (tertiary/aromatic N) is 4. The van der Waals surface area contributed by atoms with Gasteiger partial charge in [0, 0.05) is 42.2 Å². The normalized spacial score (nSPS) is 14.5. The highest BCUT2D eigenvalue weighted by Crippen LogP contribution is 2.32. The van der Waals surface area contributed by atoms with E-state index in [4.69, 9.17) is 10.7 Å². The topological polar surface area (TPSA) is 113 Å². The van der Waals surface area contributed by atoms with Gasteiger partial charge in [0.05, 0.1) is 17.9 Å². The summed E-state index contributed by atoms with van der Waals surface area (Å²) >= 11 is 0. The second kappa shape index (κ2) is 9.18. The Kier molecular flexibility index (Phi) is 5.93. The van der Waals surface area contributed by atoms with Crippen LogP contribution in [0.2, 0.25) is 0 Å². The quantitative estimate of drug-likeness (QED) is 0.421. The molecule has 1 aliphatic rings. The maximum atomic E-state index is 14.7. The first-order valence-electron chi connectivity index (χ1n) is 11.4. The largest absolute Gasteiger partial charge is 0.355 e. The highest BCUT2D eigenvalue weighted by Gasteiger charge is 2.19. The second-order valence-corrected chi connectivity index (χ2v) is 8.47. The number of rotatable bonds is 5. The van der Waals surface area contributed by atoms with Gasteiger partial charge >= 0.3 is 0 Å². The van der Waals surface area contributed by atoms with Crippen LogP contribution < -0.4 is 16.0 Å². The van der Waals surface area contributed by atoms with Crippen molar-refractivity contribution in [3.8, 4) is 22.5 Å². The smallest absolute Gasteiger partial charge is 0.251 e. The van der Waals surface area contributed by atoms with Gasteiger partial charge in [-0.1, -0.05) is 6.07 Å². The maximum Gasteiger partial charge on any atom is 0.251 e. The zero-order valence-electron chi connectivity index (χ0n) is 18.9. The van der Waals surface area contributed by atoms with Gasteiger partial charge in [-0.05, 0) is 55.7 Å². The minimum absolute atomic E-state index is 0.230. The number of nitrogens with two attached hydrogens (primary N) is 1. The van der Waals surface area contributed by atoms with Crippen molar-refractivity contribution in [2.75, 3.05) is 24.5 Å². The lowest BCUT2D eigenvalue weighted by Crippen LogP contribution is -2.40. The number of hydrogen-bond acceptors (Lipinski definition) is 6. The molecule has 0 aliphatic carbocycles. The van der Waals surface area contributed by atoms with Crippen LogP contribution >= 0.6 is 0 Å². The molecule has 34 heavy (non-hydrogen) atoms. The fraction of sp³-hybridized carbons (Fsp3) is 0.280. The van der Waals surface area contributed by atoms with Crippen LogP contribution in [0.5, 0.6) is 0 Å². The summed E-state index contributed by atoms with van der Waals surface area (Å²) in [6.45, 7) is 4.02. The van der Waals surface area contributed by atoms with Gasteiger partial charge in [0.2, 0.25) is 0 Å². The molecule has 174 valence electrons. The molecule has 2 aromatic heterocycles. The number of carbonyl (C=O) groups excluding carboxylic acids is 1. The Hall–Kier alpha value is -3.85. The van der Waals surface area contributed by atoms with Crippen molar-refractivity contribution in [3.63, 3.8) is 0 Å². The first-order chi connectivity index (χ1) is 16.5. The number of fused-ring (bicyclic) bond motifs is 1. The van der Waals surface area contributed by atoms with E-state index in [1.165, 1.54) is 12.1 Å². The van der Waals surface area contributed by atoms with Crippen molar-refractivity contribution >= 4 is 22.6 Å². The molecule has 0 atom stereocenters. The predicted octanol–water partition coefficient (Wildman–Crippen LogP) is 3.50. The molecular formula is C25H26FN7O. The van der Waals surface area contributed by atoms with E-state index in [0.29, 0.717) is 34.6 Å². The molecule has 0 bridgehead atoms. The van der Waals surface area contributed by atoms with E-state index in [-0.39, 0.29) is 11.9 Å². The number of aromatic amines is 1. The third-order valence-corrected chi connectivity index (χ3v) is 6.17. The molecule has 1 amide bonds. The Morgan fingerprint density at radius 1 is 1.21 bits per heavy atom. The molecule has 1 aliphatic heterocycles. The first-order valence-corrected chi connectivity index (χ1v) is 11.4. The lowest BCUT2D eigenvalue weighted by atomic mass is 9.99. The van der Waals surface area contributed by atoms with Gasteiger partial charge in [-0.2, -0.15) is 5.10 Å². The second-order valence-electron chi connectivity index (χ2n) is 8.47. The lowest BCUT2D eigenvalue weighted by molar-refractivity contribution is 0.0956. The van der Waals surface area contributed by atoms with Gasteiger partial charge in [-0.25, -0.2) is 9.37 Å². The van der Waals surface area contributed by atoms with Crippen LogP contribution in [-0.2, 0) is 0 Å². The summed E-state index contributed by atoms with van der Waals surface area (Å²) in [6, 6.07) is 10.1. The number of halogens is 1. The van der Waals surface area contributed by atoms with Crippen molar-refractivity contribution < 1.29 is 9.18 Å². The molecular weight excluding hydrogens is 433 g/mol. The van der Waals surface area contributed by atoms with Gasteiger partial charge < -0.3 is 16.0 Å². The summed E-state index contributed by atoms with van der Waals surface area (Å²) in [6.07, 6.45) is 5.27. The number of hydrogen-bond donors (Lipinski definition) is 3. The summed E-state index contributed by atoms with van der Waals surface area (Å²) in [5.41, 5.74) is 9.51. The molecule has 9 heteroatoms. The summed E-state index contributed by atoms with van der Waals surface area (Å²) < 4.78 is 14.7. The number of piperidine rings is 1. The van der Waals surface area contributed by atoms with Crippen molar-refractivity contribution in [2.45, 2.75) is 25.8 Å². The highest BCUT2D eigenvalue weighted by atomic mass is 19.1. The third-order valence-electron chi connectivity index (χ3n) is 6.17. The summed E-state index contributed by atoms with van der Waals surface area (Å²) in [5, 5.41) is 11.0. The molecule has 0 unspecified atom stereocenters. The Labute approximate surface area is 196 Å². The zero-order chi connectivity index (χ0) is 23.7. The standard InChI is InChI=1S/C25H26FN7O/c1-2-29-25(34)16-3-5-20(26)18(12-16)15-4-6-21-19(11-15)24(32-31-21)22-13-28-14-23(30-22)33-9-7-17(27)8-10-33/h3-6,11-14,17H,2,7-10,27H2,1H3,(H,29,34)(H,31,32). The Balaban J connectivity index is 1.52. The van der Waals surface area contributed by atoms with Crippen LogP contribution in [-0.4, -0.2) is 51.7 Å². The fourth-order valence-corrected chi connectivity index (χ4v) is 4.28. The van der Waals surface area contributed by atoms with Crippen LogP contribution in [0.4, 0.5) is 10.2 Å². The van der Waals surface area contributed by atoms with Gasteiger partial charge in [0.1, 0.15) is 23.0 Å². The fourth-order valence-electron chi connectivity index (χ4n) is 4.28. The van der Waals surface area contributed by atoms with E-state index in [1.807, 2.05) is 25.1 Å². The SMILES string of the molecule is CCNC(=O)c1ccc(F)c(-c2ccc3[nH]nc(-c4cncc(N5CCC(N)CC5)n4)c3c2)c1. The number of anilines is 1. The van der Waals surface area contributed by atoms with Crippen LogP contribution in [0, 0.1) is 5.82 Å². The van der Waals surface area contributed by atoms with Crippen molar-refractivity contribution in [1.82, 2.24) is 25.5 Å². The minimum atomic E-state index is -0.400. The number of carbonyl (C=O) groups is 1. The molecule has 0 spiro atoms. The number of H-pyrrole nitrogens is 1. The van der Waals surface area contributed by atoms with Gasteiger partial charge in [0.25, 0.3) is 5.91 Å². The van der Waals surface area contributed by atoms with Crippen molar-refractivity contribution in [2.24, 2.45) is 5.73 Å². The van der Waals surface area contributed by atoms with Crippen LogP contribution in [0.3, 0.4) is 0 Å². The van der Waals surface area contributed by atoms with Crippen molar-refractivity contribution in [3.05, 3.63) is 60.2 Å². The van der Waals surface area contributed by atoms with E-state index in [0.717, 1.165) is 42.7 Å². The molecule has 1 saturated heterocycles. The van der Waals surface area contributed by atoms with E-state index in [1.54, 1.807) is 18.5 Å². The molecule has 0 saturated carbocycles. The van der Waals surface area contributed by atoms with Crippen LogP contribution in [0.15, 0.2) is 48.8 Å². The third kappa shape index (κ3) is 4.22. The molecule has 8 nitrogen and oxygen atoms in total. The maximum absolute atomic E-state index is 14.7. The molecule has 4 aromatic rings. The molecule has 3 heterocycles. The number of aromatic nitrogens is 4. The Morgan fingerprint density at radius 3 is 2.82 bits per heavy atom. The highest BCUT2D eigenvalue weighted by molar-refractivity contribution is 5.97. The van der Waals surface area contributed by atoms with Crippen molar-refractivity contribution in [1.29, 1.82) is 0 Å². The van der Waals surface area contributed by atoms with E-state index < -0.39 is 5.82 Å². The van der Waals surface area contributed by atoms with Gasteiger partial charge in [-0.15, -0.1) is 0 Å². The lowest BCUT2D eigenvalue weighted by Gasteiger charge is -2.30. The average molecular weight is 460 g/mol. The first kappa shape index (κ1) is 22.0. The van der Waals surface area contributed by atoms with Gasteiger partial charge in [-0.3, -0.25) is 14.9 Å². The molecule has 1 fully saturated rings. The summed E-state index contributed by atoms with van der Waals surface area (Å²) in [4.78, 5) is 23.6. The molecule has 2 aromatic carbocycles. The predicted molar refractivity (Wildman–Crippen MR) is 130 cm³/mol. The average Bonchev–Trinajstić information content (AvgIpc) is 3.28.